The highest BCUT2D eigenvalue weighted by Crippen LogP contribution is 2.53. The second-order valence-electron chi connectivity index (χ2n) is 10.00. The van der Waals surface area contributed by atoms with Gasteiger partial charge in [-0.15, -0.1) is 0 Å². The van der Waals surface area contributed by atoms with Crippen molar-refractivity contribution in [3.63, 3.8) is 0 Å². The molecule has 1 aliphatic rings. The zero-order chi connectivity index (χ0) is 21.7. The second kappa shape index (κ2) is 7.30. The van der Waals surface area contributed by atoms with E-state index in [1.165, 1.54) is 44.8 Å². The van der Waals surface area contributed by atoms with E-state index in [1.807, 2.05) is 0 Å². The summed E-state index contributed by atoms with van der Waals surface area (Å²) in [5, 5.41) is 0. The van der Waals surface area contributed by atoms with Crippen molar-refractivity contribution in [1.82, 2.24) is 0 Å². The molecule has 156 valence electrons. The van der Waals surface area contributed by atoms with Crippen molar-refractivity contribution in [3.05, 3.63) is 82.9 Å². The average Bonchev–Trinajstić information content (AvgIpc) is 2.95. The molecule has 1 heteroatoms. The predicted octanol–water partition coefficient (Wildman–Crippen LogP) is 8.05. The Labute approximate surface area is 182 Å². The lowest BCUT2D eigenvalue weighted by Crippen LogP contribution is -2.39. The lowest BCUT2D eigenvalue weighted by atomic mass is 9.81. The Morgan fingerprint density at radius 2 is 1.40 bits per heavy atom. The van der Waals surface area contributed by atoms with Gasteiger partial charge in [-0.2, -0.15) is 0 Å². The van der Waals surface area contributed by atoms with Crippen LogP contribution in [-0.2, 0) is 18.3 Å². The molecule has 30 heavy (non-hydrogen) atoms. The molecule has 0 fully saturated rings. The lowest BCUT2D eigenvalue weighted by molar-refractivity contribution is 0.557. The number of hydrogen-bond donors (Lipinski definition) is 0. The van der Waals surface area contributed by atoms with Crippen molar-refractivity contribution in [1.29, 1.82) is 0 Å². The number of hydrogen-bond acceptors (Lipinski definition) is 1. The smallest absolute Gasteiger partial charge is 0.0454 e. The molecule has 0 heterocycles. The maximum atomic E-state index is 2.57. The Kier molecular flexibility index (Phi) is 5.04. The SMILES string of the molecule is CCc1ccccc1N(c1ccc2c(c1CC)-c1ccccc1C2(C)C)C(C)(C)C. The number of rotatable bonds is 4. The zero-order valence-corrected chi connectivity index (χ0v) is 19.6. The molecule has 0 amide bonds. The Morgan fingerprint density at radius 1 is 0.733 bits per heavy atom. The van der Waals surface area contributed by atoms with E-state index in [-0.39, 0.29) is 11.0 Å². The van der Waals surface area contributed by atoms with Crippen LogP contribution in [0.15, 0.2) is 60.7 Å². The Morgan fingerprint density at radius 3 is 2.07 bits per heavy atom. The van der Waals surface area contributed by atoms with E-state index < -0.39 is 0 Å². The summed E-state index contributed by atoms with van der Waals surface area (Å²) in [5.74, 6) is 0. The second-order valence-corrected chi connectivity index (χ2v) is 10.00. The molecule has 0 atom stereocenters. The molecule has 0 saturated heterocycles. The first-order chi connectivity index (χ1) is 14.2. The van der Waals surface area contributed by atoms with Crippen LogP contribution in [0.2, 0.25) is 0 Å². The molecule has 0 radical (unpaired) electrons. The van der Waals surface area contributed by atoms with E-state index >= 15 is 0 Å². The Hall–Kier alpha value is -2.54. The largest absolute Gasteiger partial charge is 0.336 e. The number of fused-ring (bicyclic) bond motifs is 3. The minimum atomic E-state index is -0.0307. The van der Waals surface area contributed by atoms with Crippen LogP contribution in [0.3, 0.4) is 0 Å². The summed E-state index contributed by atoms with van der Waals surface area (Å²) >= 11 is 0. The number of nitrogens with zero attached hydrogens (tertiary/aromatic N) is 1. The monoisotopic (exact) mass is 397 g/mol. The zero-order valence-electron chi connectivity index (χ0n) is 19.6. The van der Waals surface area contributed by atoms with Gasteiger partial charge in [0.05, 0.1) is 0 Å². The fourth-order valence-corrected chi connectivity index (χ4v) is 5.30. The first-order valence-corrected chi connectivity index (χ1v) is 11.4. The molecule has 3 aromatic rings. The summed E-state index contributed by atoms with van der Waals surface area (Å²) < 4.78 is 0. The van der Waals surface area contributed by atoms with E-state index in [4.69, 9.17) is 0 Å². The van der Waals surface area contributed by atoms with Crippen LogP contribution in [-0.4, -0.2) is 5.54 Å². The van der Waals surface area contributed by atoms with Crippen molar-refractivity contribution >= 4 is 11.4 Å². The van der Waals surface area contributed by atoms with Crippen molar-refractivity contribution in [3.8, 4) is 11.1 Å². The lowest BCUT2D eigenvalue weighted by Gasteiger charge is -2.41. The fourth-order valence-electron chi connectivity index (χ4n) is 5.30. The first kappa shape index (κ1) is 20.7. The van der Waals surface area contributed by atoms with Gasteiger partial charge in [0.2, 0.25) is 0 Å². The molecule has 0 bridgehead atoms. The summed E-state index contributed by atoms with van der Waals surface area (Å²) in [6, 6.07) is 22.6. The van der Waals surface area contributed by atoms with Gasteiger partial charge in [0, 0.05) is 22.3 Å². The van der Waals surface area contributed by atoms with Gasteiger partial charge >= 0.3 is 0 Å². The van der Waals surface area contributed by atoms with Gasteiger partial charge in [0.25, 0.3) is 0 Å². The normalized spacial score (nSPS) is 14.4. The molecule has 0 saturated carbocycles. The van der Waals surface area contributed by atoms with Gasteiger partial charge in [0.15, 0.2) is 0 Å². The Bertz CT molecular complexity index is 1080. The molecule has 0 aliphatic heterocycles. The highest BCUT2D eigenvalue weighted by Gasteiger charge is 2.38. The summed E-state index contributed by atoms with van der Waals surface area (Å²) in [6.07, 6.45) is 2.05. The van der Waals surface area contributed by atoms with Gasteiger partial charge in [-0.05, 0) is 79.1 Å². The highest BCUT2D eigenvalue weighted by atomic mass is 15.2. The topological polar surface area (TPSA) is 3.24 Å². The summed E-state index contributed by atoms with van der Waals surface area (Å²) in [6.45, 7) is 16.3. The predicted molar refractivity (Wildman–Crippen MR) is 131 cm³/mol. The van der Waals surface area contributed by atoms with Crippen LogP contribution in [0.1, 0.15) is 70.7 Å². The van der Waals surface area contributed by atoms with Crippen LogP contribution >= 0.6 is 0 Å². The fraction of sp³-hybridized carbons (Fsp3) is 0.379. The van der Waals surface area contributed by atoms with Gasteiger partial charge in [-0.3, -0.25) is 0 Å². The van der Waals surface area contributed by atoms with Crippen LogP contribution in [0.5, 0.6) is 0 Å². The molecular weight excluding hydrogens is 362 g/mol. The average molecular weight is 398 g/mol. The van der Waals surface area contributed by atoms with Gasteiger partial charge in [-0.25, -0.2) is 0 Å². The van der Waals surface area contributed by atoms with E-state index in [9.17, 15) is 0 Å². The quantitative estimate of drug-likeness (QED) is 0.430. The molecule has 1 aliphatic carbocycles. The molecule has 0 unspecified atom stereocenters. The standard InChI is InChI=1S/C29H35N/c1-8-20-14-10-13-17-25(20)30(28(3,4)5)26-19-18-24-27(21(26)9-2)22-15-11-12-16-23(22)29(24,6)7/h10-19H,8-9H2,1-7H3. The van der Waals surface area contributed by atoms with Gasteiger partial charge < -0.3 is 4.90 Å². The third kappa shape index (κ3) is 3.07. The van der Waals surface area contributed by atoms with E-state index in [0.717, 1.165) is 12.8 Å². The summed E-state index contributed by atoms with van der Waals surface area (Å²) in [4.78, 5) is 2.57. The molecular formula is C29H35N. The molecule has 0 aromatic heterocycles. The van der Waals surface area contributed by atoms with E-state index in [2.05, 4.69) is 114 Å². The molecule has 0 spiro atoms. The van der Waals surface area contributed by atoms with E-state index in [0.29, 0.717) is 0 Å². The molecule has 3 aromatic carbocycles. The minimum absolute atomic E-state index is 0.0307. The summed E-state index contributed by atoms with van der Waals surface area (Å²) in [5.41, 5.74) is 11.3. The third-order valence-corrected chi connectivity index (χ3v) is 6.71. The molecule has 4 rings (SSSR count). The number of para-hydroxylation sites is 1. The minimum Gasteiger partial charge on any atom is -0.336 e. The maximum Gasteiger partial charge on any atom is 0.0454 e. The van der Waals surface area contributed by atoms with E-state index in [1.54, 1.807) is 0 Å². The number of anilines is 2. The Balaban J connectivity index is 2.03. The van der Waals surface area contributed by atoms with Crippen molar-refractivity contribution in [2.45, 2.75) is 72.3 Å². The highest BCUT2D eigenvalue weighted by molar-refractivity contribution is 5.88. The van der Waals surface area contributed by atoms with Gasteiger partial charge in [-0.1, -0.05) is 76.2 Å². The number of benzene rings is 3. The third-order valence-electron chi connectivity index (χ3n) is 6.71. The van der Waals surface area contributed by atoms with Crippen LogP contribution in [0.25, 0.3) is 11.1 Å². The molecule has 1 nitrogen and oxygen atoms in total. The molecule has 0 N–H and O–H groups in total. The maximum absolute atomic E-state index is 2.57. The van der Waals surface area contributed by atoms with Crippen molar-refractivity contribution in [2.24, 2.45) is 0 Å². The van der Waals surface area contributed by atoms with Crippen LogP contribution in [0.4, 0.5) is 11.4 Å². The van der Waals surface area contributed by atoms with Crippen LogP contribution in [0, 0.1) is 0 Å². The van der Waals surface area contributed by atoms with Gasteiger partial charge in [0.1, 0.15) is 0 Å². The number of aryl methyl sites for hydroxylation is 1. The van der Waals surface area contributed by atoms with Crippen molar-refractivity contribution in [2.75, 3.05) is 4.90 Å². The summed E-state index contributed by atoms with van der Waals surface area (Å²) in [7, 11) is 0. The van der Waals surface area contributed by atoms with Crippen LogP contribution < -0.4 is 4.90 Å². The van der Waals surface area contributed by atoms with Crippen molar-refractivity contribution < 1.29 is 0 Å². The first-order valence-electron chi connectivity index (χ1n) is 11.4.